The van der Waals surface area contributed by atoms with Crippen LogP contribution in [-0.2, 0) is 13.3 Å². The van der Waals surface area contributed by atoms with Gasteiger partial charge in [0.15, 0.2) is 12.4 Å². The number of rotatable bonds is 6. The van der Waals surface area contributed by atoms with E-state index in [0.29, 0.717) is 29.6 Å². The number of aromatic nitrogens is 2. The molecule has 1 fully saturated rings. The van der Waals surface area contributed by atoms with Crippen molar-refractivity contribution in [3.8, 4) is 5.75 Å². The summed E-state index contributed by atoms with van der Waals surface area (Å²) < 4.78 is 8.11. The first-order chi connectivity index (χ1) is 15.0. The van der Waals surface area contributed by atoms with Crippen LogP contribution in [0.25, 0.3) is 0 Å². The minimum Gasteiger partial charge on any atom is -0.470 e. The Morgan fingerprint density at radius 3 is 2.58 bits per heavy atom. The van der Waals surface area contributed by atoms with Gasteiger partial charge in [-0.1, -0.05) is 41.4 Å². The van der Waals surface area contributed by atoms with Gasteiger partial charge in [0.1, 0.15) is 5.75 Å². The maximum Gasteiger partial charge on any atom is 0.274 e. The minimum absolute atomic E-state index is 0.0659. The maximum absolute atomic E-state index is 12.8. The third-order valence-electron chi connectivity index (χ3n) is 5.12. The second-order valence-electron chi connectivity index (χ2n) is 7.25. The predicted octanol–water partition coefficient (Wildman–Crippen LogP) is 4.95. The fourth-order valence-corrected chi connectivity index (χ4v) is 4.41. The van der Waals surface area contributed by atoms with Crippen molar-refractivity contribution in [2.75, 3.05) is 26.2 Å². The average molecular weight is 524 g/mol. The molecule has 3 aromatic rings. The molecule has 0 unspecified atom stereocenters. The first-order valence-electron chi connectivity index (χ1n) is 9.86. The van der Waals surface area contributed by atoms with Gasteiger partial charge in [0, 0.05) is 49.0 Å². The molecule has 1 aliphatic rings. The van der Waals surface area contributed by atoms with Crippen LogP contribution in [0.2, 0.25) is 10.0 Å². The third-order valence-corrected chi connectivity index (χ3v) is 6.34. The molecule has 0 spiro atoms. The first kappa shape index (κ1) is 22.1. The number of carbonyl (C=O) groups excluding carboxylic acids is 1. The van der Waals surface area contributed by atoms with Crippen molar-refractivity contribution in [1.82, 2.24) is 19.6 Å². The number of nitrogens with zero attached hydrogens (tertiary/aromatic N) is 4. The largest absolute Gasteiger partial charge is 0.470 e. The SMILES string of the molecule is O=C(c1ccn(COc2ccc(Cl)cc2Br)n1)N1CCN(Cc2ccccc2Cl)CC1. The Balaban J connectivity index is 1.29. The smallest absolute Gasteiger partial charge is 0.274 e. The zero-order valence-corrected chi connectivity index (χ0v) is 19.8. The van der Waals surface area contributed by atoms with Crippen LogP contribution in [0.3, 0.4) is 0 Å². The monoisotopic (exact) mass is 522 g/mol. The van der Waals surface area contributed by atoms with E-state index in [0.717, 1.165) is 34.7 Å². The zero-order chi connectivity index (χ0) is 21.8. The van der Waals surface area contributed by atoms with E-state index in [1.807, 2.05) is 29.2 Å². The van der Waals surface area contributed by atoms with Crippen molar-refractivity contribution >= 4 is 45.0 Å². The number of hydrogen-bond acceptors (Lipinski definition) is 4. The Bertz CT molecular complexity index is 1070. The summed E-state index contributed by atoms with van der Waals surface area (Å²) in [7, 11) is 0. The summed E-state index contributed by atoms with van der Waals surface area (Å²) in [6.45, 7) is 3.89. The van der Waals surface area contributed by atoms with Gasteiger partial charge in [0.25, 0.3) is 5.91 Å². The summed E-state index contributed by atoms with van der Waals surface area (Å²) in [6.07, 6.45) is 1.74. The molecule has 31 heavy (non-hydrogen) atoms. The van der Waals surface area contributed by atoms with Crippen molar-refractivity contribution in [2.24, 2.45) is 0 Å². The van der Waals surface area contributed by atoms with Crippen LogP contribution in [0.15, 0.2) is 59.2 Å². The zero-order valence-electron chi connectivity index (χ0n) is 16.7. The van der Waals surface area contributed by atoms with Crippen molar-refractivity contribution in [1.29, 1.82) is 0 Å². The molecule has 6 nitrogen and oxygen atoms in total. The molecule has 0 atom stereocenters. The van der Waals surface area contributed by atoms with Crippen molar-refractivity contribution in [2.45, 2.75) is 13.3 Å². The molecule has 162 valence electrons. The number of ether oxygens (including phenoxy) is 1. The van der Waals surface area contributed by atoms with E-state index < -0.39 is 0 Å². The first-order valence-corrected chi connectivity index (χ1v) is 11.4. The quantitative estimate of drug-likeness (QED) is 0.459. The van der Waals surface area contributed by atoms with Gasteiger partial charge in [-0.15, -0.1) is 0 Å². The number of hydrogen-bond donors (Lipinski definition) is 0. The van der Waals surface area contributed by atoms with Crippen molar-refractivity contribution in [3.63, 3.8) is 0 Å². The minimum atomic E-state index is -0.0659. The maximum atomic E-state index is 12.8. The Labute approximate surface area is 199 Å². The highest BCUT2D eigenvalue weighted by atomic mass is 79.9. The molecule has 0 radical (unpaired) electrons. The Morgan fingerprint density at radius 1 is 1.06 bits per heavy atom. The molecular formula is C22H21BrCl2N4O2. The van der Waals surface area contributed by atoms with E-state index in [1.54, 1.807) is 35.1 Å². The molecule has 0 bridgehead atoms. The van der Waals surface area contributed by atoms with E-state index in [1.165, 1.54) is 0 Å². The summed E-state index contributed by atoms with van der Waals surface area (Å²) in [4.78, 5) is 17.0. The molecule has 0 N–H and O–H groups in total. The van der Waals surface area contributed by atoms with Crippen LogP contribution >= 0.6 is 39.1 Å². The van der Waals surface area contributed by atoms with Crippen LogP contribution in [0.4, 0.5) is 0 Å². The highest BCUT2D eigenvalue weighted by Crippen LogP contribution is 2.28. The van der Waals surface area contributed by atoms with E-state index in [-0.39, 0.29) is 12.6 Å². The fraction of sp³-hybridized carbons (Fsp3) is 0.273. The summed E-state index contributed by atoms with van der Waals surface area (Å²) in [5.41, 5.74) is 1.52. The lowest BCUT2D eigenvalue weighted by Crippen LogP contribution is -2.48. The lowest BCUT2D eigenvalue weighted by Gasteiger charge is -2.34. The second kappa shape index (κ2) is 10.0. The molecule has 1 aliphatic heterocycles. The molecule has 0 saturated carbocycles. The highest BCUT2D eigenvalue weighted by molar-refractivity contribution is 9.10. The summed E-state index contributed by atoms with van der Waals surface area (Å²) in [6, 6.07) is 14.9. The lowest BCUT2D eigenvalue weighted by atomic mass is 10.2. The van der Waals surface area contributed by atoms with Gasteiger partial charge in [0.05, 0.1) is 4.47 Å². The Kier molecular flexibility index (Phi) is 7.17. The van der Waals surface area contributed by atoms with Crippen LogP contribution in [0.1, 0.15) is 16.1 Å². The molecule has 2 heterocycles. The summed E-state index contributed by atoms with van der Waals surface area (Å²) in [5.74, 6) is 0.589. The average Bonchev–Trinajstić information content (AvgIpc) is 3.24. The van der Waals surface area contributed by atoms with Gasteiger partial charge in [-0.3, -0.25) is 9.69 Å². The Hall–Kier alpha value is -2.06. The van der Waals surface area contributed by atoms with Crippen LogP contribution in [0, 0.1) is 0 Å². The normalized spacial score (nSPS) is 14.6. The molecular weight excluding hydrogens is 503 g/mol. The van der Waals surface area contributed by atoms with Gasteiger partial charge >= 0.3 is 0 Å². The van der Waals surface area contributed by atoms with Crippen LogP contribution in [0.5, 0.6) is 5.75 Å². The number of halogens is 3. The second-order valence-corrected chi connectivity index (χ2v) is 8.95. The lowest BCUT2D eigenvalue weighted by molar-refractivity contribution is 0.0621. The van der Waals surface area contributed by atoms with Gasteiger partial charge < -0.3 is 9.64 Å². The van der Waals surface area contributed by atoms with Crippen LogP contribution < -0.4 is 4.74 Å². The van der Waals surface area contributed by atoms with Gasteiger partial charge in [-0.2, -0.15) is 5.10 Å². The third kappa shape index (κ3) is 5.60. The molecule has 1 aromatic heterocycles. The van der Waals surface area contributed by atoms with Gasteiger partial charge in [0.2, 0.25) is 0 Å². The molecule has 1 amide bonds. The number of carbonyl (C=O) groups is 1. The Morgan fingerprint density at radius 2 is 1.84 bits per heavy atom. The van der Waals surface area contributed by atoms with Gasteiger partial charge in [-0.25, -0.2) is 4.68 Å². The predicted molar refractivity (Wildman–Crippen MR) is 125 cm³/mol. The molecule has 1 saturated heterocycles. The van der Waals surface area contributed by atoms with E-state index >= 15 is 0 Å². The fourth-order valence-electron chi connectivity index (χ4n) is 3.41. The number of piperazine rings is 1. The van der Waals surface area contributed by atoms with E-state index in [2.05, 4.69) is 25.9 Å². The topological polar surface area (TPSA) is 50.6 Å². The van der Waals surface area contributed by atoms with Crippen molar-refractivity contribution < 1.29 is 9.53 Å². The number of amides is 1. The van der Waals surface area contributed by atoms with Crippen LogP contribution in [-0.4, -0.2) is 51.7 Å². The highest BCUT2D eigenvalue weighted by Gasteiger charge is 2.24. The molecule has 0 aliphatic carbocycles. The van der Waals surface area contributed by atoms with Crippen molar-refractivity contribution in [3.05, 3.63) is 80.5 Å². The summed E-state index contributed by atoms with van der Waals surface area (Å²) in [5, 5.41) is 5.77. The summed E-state index contributed by atoms with van der Waals surface area (Å²) >= 11 is 15.6. The van der Waals surface area contributed by atoms with E-state index in [4.69, 9.17) is 27.9 Å². The standard InChI is InChI=1S/C22H21BrCl2N4O2/c23-18-13-17(24)5-6-21(18)31-15-29-8-7-20(26-29)22(30)28-11-9-27(10-12-28)14-16-3-1-2-4-19(16)25/h1-8,13H,9-12,14-15H2. The van der Waals surface area contributed by atoms with E-state index in [9.17, 15) is 4.79 Å². The molecule has 9 heteroatoms. The molecule has 4 rings (SSSR count). The van der Waals surface area contributed by atoms with Gasteiger partial charge in [-0.05, 0) is 51.8 Å². The molecule has 2 aromatic carbocycles. The number of benzene rings is 2.